The molecule has 0 radical (unpaired) electrons. The number of carbonyl (C=O) groups is 1. The topological polar surface area (TPSA) is 69.0 Å². The van der Waals surface area contributed by atoms with Crippen molar-refractivity contribution in [3.8, 4) is 0 Å². The maximum Gasteiger partial charge on any atom is 0.226 e. The Morgan fingerprint density at radius 1 is 1.27 bits per heavy atom. The summed E-state index contributed by atoms with van der Waals surface area (Å²) >= 11 is 7.31. The number of anilines is 1. The molecule has 1 atom stereocenters. The van der Waals surface area contributed by atoms with Crippen molar-refractivity contribution in [3.63, 3.8) is 0 Å². The molecule has 6 nitrogen and oxygen atoms in total. The van der Waals surface area contributed by atoms with Crippen LogP contribution in [0.25, 0.3) is 0 Å². The first-order valence-electron chi connectivity index (χ1n) is 8.11. The van der Waals surface area contributed by atoms with Crippen molar-refractivity contribution in [1.82, 2.24) is 14.8 Å². The van der Waals surface area contributed by atoms with Gasteiger partial charge in [0.2, 0.25) is 11.0 Å². The summed E-state index contributed by atoms with van der Waals surface area (Å²) in [6.45, 7) is 1.08. The number of benzene rings is 1. The average molecular weight is 391 g/mol. The molecule has 26 heavy (non-hydrogen) atoms. The highest BCUT2D eigenvalue weighted by molar-refractivity contribution is 7.15. The summed E-state index contributed by atoms with van der Waals surface area (Å²) in [4.78, 5) is 12.5. The quantitative estimate of drug-likeness (QED) is 0.632. The van der Waals surface area contributed by atoms with E-state index in [9.17, 15) is 4.79 Å². The molecule has 0 saturated heterocycles. The molecule has 1 amide bonds. The van der Waals surface area contributed by atoms with E-state index in [0.717, 1.165) is 10.6 Å². The van der Waals surface area contributed by atoms with E-state index in [1.807, 2.05) is 48.8 Å². The Kier molecular flexibility index (Phi) is 6.38. The molecule has 0 unspecified atom stereocenters. The van der Waals surface area contributed by atoms with Crippen LogP contribution in [-0.2, 0) is 22.7 Å². The molecule has 0 aliphatic rings. The Bertz CT molecular complexity index is 833. The van der Waals surface area contributed by atoms with Crippen LogP contribution in [0.3, 0.4) is 0 Å². The zero-order valence-corrected chi connectivity index (χ0v) is 15.8. The number of carbonyl (C=O) groups excluding carboxylic acids is 1. The standard InChI is InChI=1S/C18H19ClN4O2S/c1-25-12-17-21-22-18(26-17)20-16(24)10-14(11-23-8-2-3-9-23)13-4-6-15(19)7-5-13/h2-9,14H,10-12H2,1H3,(H,20,22,24)/t14-/m1/s1. The minimum absolute atomic E-state index is 0.0195. The van der Waals surface area contributed by atoms with Gasteiger partial charge in [-0.2, -0.15) is 0 Å². The lowest BCUT2D eigenvalue weighted by molar-refractivity contribution is -0.116. The maximum absolute atomic E-state index is 12.5. The van der Waals surface area contributed by atoms with Crippen LogP contribution in [0.2, 0.25) is 5.02 Å². The molecule has 0 spiro atoms. The molecule has 0 saturated carbocycles. The van der Waals surface area contributed by atoms with Gasteiger partial charge < -0.3 is 14.6 Å². The van der Waals surface area contributed by atoms with Crippen molar-refractivity contribution in [2.75, 3.05) is 12.4 Å². The molecule has 1 N–H and O–H groups in total. The maximum atomic E-state index is 12.5. The zero-order valence-electron chi connectivity index (χ0n) is 14.3. The van der Waals surface area contributed by atoms with Gasteiger partial charge >= 0.3 is 0 Å². The fourth-order valence-electron chi connectivity index (χ4n) is 2.65. The number of halogens is 1. The minimum atomic E-state index is -0.0998. The van der Waals surface area contributed by atoms with Crippen LogP contribution in [0.15, 0.2) is 48.8 Å². The summed E-state index contributed by atoms with van der Waals surface area (Å²) in [5, 5.41) is 12.7. The molecule has 3 aromatic rings. The highest BCUT2D eigenvalue weighted by Gasteiger charge is 2.18. The van der Waals surface area contributed by atoms with E-state index in [-0.39, 0.29) is 11.8 Å². The minimum Gasteiger partial charge on any atom is -0.377 e. The van der Waals surface area contributed by atoms with Gasteiger partial charge in [0, 0.05) is 43.4 Å². The largest absolute Gasteiger partial charge is 0.377 e. The Morgan fingerprint density at radius 2 is 2.00 bits per heavy atom. The van der Waals surface area contributed by atoms with Gasteiger partial charge in [0.1, 0.15) is 11.6 Å². The number of ether oxygens (including phenoxy) is 1. The second-order valence-corrected chi connectivity index (χ2v) is 7.31. The van der Waals surface area contributed by atoms with Gasteiger partial charge in [0.05, 0.1) is 0 Å². The van der Waals surface area contributed by atoms with E-state index in [1.54, 1.807) is 7.11 Å². The fourth-order valence-corrected chi connectivity index (χ4v) is 3.50. The molecule has 1 aromatic carbocycles. The van der Waals surface area contributed by atoms with E-state index in [0.29, 0.717) is 29.7 Å². The molecule has 2 heterocycles. The SMILES string of the molecule is COCc1nnc(NC(=O)C[C@H](Cn2cccc2)c2ccc(Cl)cc2)s1. The lowest BCUT2D eigenvalue weighted by atomic mass is 9.95. The molecular formula is C18H19ClN4O2S. The lowest BCUT2D eigenvalue weighted by Crippen LogP contribution is -2.18. The third kappa shape index (κ3) is 5.14. The number of hydrogen-bond donors (Lipinski definition) is 1. The fraction of sp³-hybridized carbons (Fsp3) is 0.278. The molecule has 0 bridgehead atoms. The Labute approximate surface area is 160 Å². The molecule has 2 aromatic heterocycles. The summed E-state index contributed by atoms with van der Waals surface area (Å²) in [5.74, 6) is -0.0803. The number of hydrogen-bond acceptors (Lipinski definition) is 5. The van der Waals surface area contributed by atoms with Crippen molar-refractivity contribution in [3.05, 3.63) is 64.4 Å². The van der Waals surface area contributed by atoms with Crippen molar-refractivity contribution in [2.24, 2.45) is 0 Å². The first-order valence-corrected chi connectivity index (χ1v) is 9.31. The zero-order chi connectivity index (χ0) is 18.4. The molecule has 8 heteroatoms. The molecule has 136 valence electrons. The van der Waals surface area contributed by atoms with Crippen molar-refractivity contribution >= 4 is 34.0 Å². The van der Waals surface area contributed by atoms with E-state index >= 15 is 0 Å². The Balaban J connectivity index is 1.69. The van der Waals surface area contributed by atoms with Crippen molar-refractivity contribution in [2.45, 2.75) is 25.5 Å². The first-order chi connectivity index (χ1) is 12.6. The number of amides is 1. The molecular weight excluding hydrogens is 372 g/mol. The molecule has 0 aliphatic heterocycles. The van der Waals surface area contributed by atoms with Gasteiger partial charge in [-0.3, -0.25) is 4.79 Å². The highest BCUT2D eigenvalue weighted by Crippen LogP contribution is 2.25. The van der Waals surface area contributed by atoms with Crippen LogP contribution in [0.5, 0.6) is 0 Å². The van der Waals surface area contributed by atoms with Crippen LogP contribution < -0.4 is 5.32 Å². The number of rotatable bonds is 8. The summed E-state index contributed by atoms with van der Waals surface area (Å²) < 4.78 is 7.08. The summed E-state index contributed by atoms with van der Waals surface area (Å²) in [7, 11) is 1.59. The van der Waals surface area contributed by atoms with Gasteiger partial charge in [0.15, 0.2) is 0 Å². The second-order valence-electron chi connectivity index (χ2n) is 5.81. The van der Waals surface area contributed by atoms with Crippen LogP contribution >= 0.6 is 22.9 Å². The van der Waals surface area contributed by atoms with E-state index in [4.69, 9.17) is 16.3 Å². The molecule has 0 aliphatic carbocycles. The number of nitrogens with one attached hydrogen (secondary N) is 1. The second kappa shape index (κ2) is 8.93. The molecule has 3 rings (SSSR count). The number of methoxy groups -OCH3 is 1. The average Bonchev–Trinajstić information content (AvgIpc) is 3.27. The van der Waals surface area contributed by atoms with Gasteiger partial charge in [-0.05, 0) is 29.8 Å². The van der Waals surface area contributed by atoms with Crippen LogP contribution in [0.4, 0.5) is 5.13 Å². The van der Waals surface area contributed by atoms with E-state index in [1.165, 1.54) is 11.3 Å². The normalized spacial score (nSPS) is 12.1. The first kappa shape index (κ1) is 18.6. The van der Waals surface area contributed by atoms with Crippen molar-refractivity contribution in [1.29, 1.82) is 0 Å². The van der Waals surface area contributed by atoms with Gasteiger partial charge in [-0.25, -0.2) is 0 Å². The molecule has 0 fully saturated rings. The smallest absolute Gasteiger partial charge is 0.226 e. The third-order valence-corrected chi connectivity index (χ3v) is 4.92. The third-order valence-electron chi connectivity index (χ3n) is 3.85. The lowest BCUT2D eigenvalue weighted by Gasteiger charge is -2.18. The predicted octanol–water partition coefficient (Wildman–Crippen LogP) is 3.95. The van der Waals surface area contributed by atoms with Crippen molar-refractivity contribution < 1.29 is 9.53 Å². The van der Waals surface area contributed by atoms with E-state index < -0.39 is 0 Å². The van der Waals surface area contributed by atoms with Crippen LogP contribution in [0.1, 0.15) is 22.9 Å². The van der Waals surface area contributed by atoms with Gasteiger partial charge in [-0.15, -0.1) is 10.2 Å². The highest BCUT2D eigenvalue weighted by atomic mass is 35.5. The Hall–Kier alpha value is -2.22. The Morgan fingerprint density at radius 3 is 2.69 bits per heavy atom. The van der Waals surface area contributed by atoms with Crippen LogP contribution in [-0.4, -0.2) is 27.8 Å². The van der Waals surface area contributed by atoms with E-state index in [2.05, 4.69) is 20.1 Å². The summed E-state index contributed by atoms with van der Waals surface area (Å²) in [6.07, 6.45) is 4.31. The van der Waals surface area contributed by atoms with Gasteiger partial charge in [0.25, 0.3) is 0 Å². The van der Waals surface area contributed by atoms with Gasteiger partial charge in [-0.1, -0.05) is 35.1 Å². The summed E-state index contributed by atoms with van der Waals surface area (Å²) in [6, 6.07) is 11.6. The predicted molar refractivity (Wildman–Crippen MR) is 102 cm³/mol. The summed E-state index contributed by atoms with van der Waals surface area (Å²) in [5.41, 5.74) is 1.07. The number of nitrogens with zero attached hydrogens (tertiary/aromatic N) is 3. The monoisotopic (exact) mass is 390 g/mol. The number of aromatic nitrogens is 3. The van der Waals surface area contributed by atoms with Crippen LogP contribution in [0, 0.1) is 0 Å².